The van der Waals surface area contributed by atoms with E-state index in [1.165, 1.54) is 14.2 Å². The molecule has 0 fully saturated rings. The zero-order chi connectivity index (χ0) is 17.3. The van der Waals surface area contributed by atoms with E-state index in [2.05, 4.69) is 11.8 Å². The van der Waals surface area contributed by atoms with Crippen molar-refractivity contribution in [1.29, 1.82) is 0 Å². The molecule has 4 heteroatoms. The summed E-state index contributed by atoms with van der Waals surface area (Å²) in [5.74, 6) is 3.74. The van der Waals surface area contributed by atoms with E-state index < -0.39 is 23.3 Å². The van der Waals surface area contributed by atoms with E-state index in [1.807, 2.05) is 37.3 Å². The molecule has 1 aromatic rings. The van der Waals surface area contributed by atoms with Gasteiger partial charge in [0, 0.05) is 12.3 Å². The molecule has 1 aromatic carbocycles. The number of ether oxygens (including phenoxy) is 2. The fraction of sp³-hybridized carbons (Fsp3) is 0.368. The van der Waals surface area contributed by atoms with E-state index in [1.54, 1.807) is 19.1 Å². The van der Waals surface area contributed by atoms with Gasteiger partial charge in [0.1, 0.15) is 0 Å². The fourth-order valence-corrected chi connectivity index (χ4v) is 2.60. The Labute approximate surface area is 137 Å². The van der Waals surface area contributed by atoms with Gasteiger partial charge in [-0.3, -0.25) is 9.59 Å². The van der Waals surface area contributed by atoms with Gasteiger partial charge in [-0.25, -0.2) is 0 Å². The molecule has 0 saturated carbocycles. The minimum Gasteiger partial charge on any atom is -0.468 e. The quantitative estimate of drug-likeness (QED) is 0.350. The molecule has 0 amide bonds. The van der Waals surface area contributed by atoms with Crippen LogP contribution < -0.4 is 0 Å². The maximum atomic E-state index is 12.6. The number of benzene rings is 1. The molecule has 0 aliphatic carbocycles. The average molecular weight is 314 g/mol. The molecule has 1 unspecified atom stereocenters. The molecule has 1 rings (SSSR count). The molecule has 23 heavy (non-hydrogen) atoms. The van der Waals surface area contributed by atoms with E-state index in [9.17, 15) is 9.59 Å². The number of hydrogen-bond donors (Lipinski definition) is 0. The number of esters is 2. The van der Waals surface area contributed by atoms with Gasteiger partial charge in [-0.05, 0) is 19.4 Å². The lowest BCUT2D eigenvalue weighted by Crippen LogP contribution is -2.45. The first-order chi connectivity index (χ1) is 11.1. The highest BCUT2D eigenvalue weighted by molar-refractivity contribution is 6.02. The second-order valence-electron chi connectivity index (χ2n) is 4.97. The van der Waals surface area contributed by atoms with E-state index in [0.717, 1.165) is 5.56 Å². The minimum absolute atomic E-state index is 0.0206. The van der Waals surface area contributed by atoms with Crippen LogP contribution in [0.4, 0.5) is 0 Å². The molecule has 0 heterocycles. The highest BCUT2D eigenvalue weighted by atomic mass is 16.5. The van der Waals surface area contributed by atoms with E-state index in [0.29, 0.717) is 0 Å². The van der Waals surface area contributed by atoms with Crippen LogP contribution in [0, 0.1) is 17.3 Å². The molecule has 4 nitrogen and oxygen atoms in total. The Bertz CT molecular complexity index is 604. The van der Waals surface area contributed by atoms with Crippen LogP contribution in [0.1, 0.15) is 31.7 Å². The van der Waals surface area contributed by atoms with Crippen molar-refractivity contribution in [3.8, 4) is 11.8 Å². The van der Waals surface area contributed by atoms with Crippen molar-refractivity contribution in [3.05, 3.63) is 48.0 Å². The minimum atomic E-state index is -1.54. The van der Waals surface area contributed by atoms with Gasteiger partial charge in [0.05, 0.1) is 14.2 Å². The summed E-state index contributed by atoms with van der Waals surface area (Å²) >= 11 is 0. The zero-order valence-electron chi connectivity index (χ0n) is 14.0. The van der Waals surface area contributed by atoms with Gasteiger partial charge in [-0.2, -0.15) is 0 Å². The number of hydrogen-bond acceptors (Lipinski definition) is 4. The topological polar surface area (TPSA) is 52.6 Å². The Morgan fingerprint density at radius 1 is 1.17 bits per heavy atom. The summed E-state index contributed by atoms with van der Waals surface area (Å²) in [5, 5.41) is 0. The lowest BCUT2D eigenvalue weighted by atomic mass is 9.69. The largest absolute Gasteiger partial charge is 0.468 e. The molecule has 122 valence electrons. The summed E-state index contributed by atoms with van der Waals surface area (Å²) in [5.41, 5.74) is -0.722. The fourth-order valence-electron chi connectivity index (χ4n) is 2.60. The highest BCUT2D eigenvalue weighted by Gasteiger charge is 2.53. The molecule has 0 bridgehead atoms. The summed E-state index contributed by atoms with van der Waals surface area (Å²) in [6, 6.07) is 9.32. The summed E-state index contributed by atoms with van der Waals surface area (Å²) in [6.45, 7) is 3.49. The molecular formula is C19H22O4. The molecular weight excluding hydrogens is 292 g/mol. The second kappa shape index (κ2) is 8.79. The van der Waals surface area contributed by atoms with Crippen molar-refractivity contribution >= 4 is 11.9 Å². The third kappa shape index (κ3) is 3.81. The first kappa shape index (κ1) is 18.5. The Morgan fingerprint density at radius 2 is 1.74 bits per heavy atom. The summed E-state index contributed by atoms with van der Waals surface area (Å²) in [7, 11) is 2.52. The van der Waals surface area contributed by atoms with Gasteiger partial charge < -0.3 is 9.47 Å². The predicted octanol–water partition coefficient (Wildman–Crippen LogP) is 3.09. The van der Waals surface area contributed by atoms with Crippen molar-refractivity contribution in [3.63, 3.8) is 0 Å². The van der Waals surface area contributed by atoms with Crippen molar-refractivity contribution in [1.82, 2.24) is 0 Å². The third-order valence-electron chi connectivity index (χ3n) is 3.72. The molecule has 0 radical (unpaired) electrons. The lowest BCUT2D eigenvalue weighted by Gasteiger charge is -2.33. The normalized spacial score (nSPS) is 12.2. The Hall–Kier alpha value is -2.54. The van der Waals surface area contributed by atoms with Crippen LogP contribution in [0.2, 0.25) is 0 Å². The summed E-state index contributed by atoms with van der Waals surface area (Å²) < 4.78 is 9.89. The van der Waals surface area contributed by atoms with Gasteiger partial charge in [0.15, 0.2) is 5.41 Å². The van der Waals surface area contributed by atoms with Crippen LogP contribution in [0.15, 0.2) is 42.5 Å². The lowest BCUT2D eigenvalue weighted by molar-refractivity contribution is -0.169. The van der Waals surface area contributed by atoms with Crippen LogP contribution in [0.5, 0.6) is 0 Å². The van der Waals surface area contributed by atoms with Gasteiger partial charge in [0.25, 0.3) is 0 Å². The van der Waals surface area contributed by atoms with Crippen molar-refractivity contribution < 1.29 is 19.1 Å². The Kier molecular flexibility index (Phi) is 7.08. The number of methoxy groups -OCH3 is 2. The van der Waals surface area contributed by atoms with E-state index in [-0.39, 0.29) is 6.42 Å². The van der Waals surface area contributed by atoms with Gasteiger partial charge in [0.2, 0.25) is 0 Å². The Morgan fingerprint density at radius 3 is 2.17 bits per heavy atom. The standard InChI is InChI=1S/C19H22O4/c1-5-7-14-19(17(20)22-3,18(21)23-4)16(11-6-2)15-12-9-8-10-13-15/h6,8-13,16H,14H2,1-4H3/b11-6+. The number of carbonyl (C=O) groups is 2. The van der Waals surface area contributed by atoms with Gasteiger partial charge >= 0.3 is 11.9 Å². The van der Waals surface area contributed by atoms with Gasteiger partial charge in [-0.15, -0.1) is 11.8 Å². The van der Waals surface area contributed by atoms with Crippen LogP contribution in [0.3, 0.4) is 0 Å². The van der Waals surface area contributed by atoms with Crippen LogP contribution in [0.25, 0.3) is 0 Å². The zero-order valence-corrected chi connectivity index (χ0v) is 14.0. The molecule has 0 aliphatic heterocycles. The maximum absolute atomic E-state index is 12.6. The summed E-state index contributed by atoms with van der Waals surface area (Å²) in [6.07, 6.45) is 3.63. The van der Waals surface area contributed by atoms with Crippen LogP contribution in [-0.2, 0) is 19.1 Å². The van der Waals surface area contributed by atoms with Crippen LogP contribution in [-0.4, -0.2) is 26.2 Å². The summed E-state index contributed by atoms with van der Waals surface area (Å²) in [4.78, 5) is 25.2. The number of allylic oxidation sites excluding steroid dienone is 2. The maximum Gasteiger partial charge on any atom is 0.325 e. The van der Waals surface area contributed by atoms with Crippen molar-refractivity contribution in [2.24, 2.45) is 5.41 Å². The monoisotopic (exact) mass is 314 g/mol. The highest BCUT2D eigenvalue weighted by Crippen LogP contribution is 2.42. The average Bonchev–Trinajstić information content (AvgIpc) is 2.61. The first-order valence-corrected chi connectivity index (χ1v) is 7.32. The smallest absolute Gasteiger partial charge is 0.325 e. The van der Waals surface area contributed by atoms with E-state index in [4.69, 9.17) is 9.47 Å². The van der Waals surface area contributed by atoms with Crippen molar-refractivity contribution in [2.75, 3.05) is 14.2 Å². The predicted molar refractivity (Wildman–Crippen MR) is 88.5 cm³/mol. The molecule has 0 N–H and O–H groups in total. The van der Waals surface area contributed by atoms with Crippen LogP contribution >= 0.6 is 0 Å². The second-order valence-corrected chi connectivity index (χ2v) is 4.97. The molecule has 1 atom stereocenters. The van der Waals surface area contributed by atoms with E-state index >= 15 is 0 Å². The molecule has 0 saturated heterocycles. The molecule has 0 aromatic heterocycles. The van der Waals surface area contributed by atoms with Gasteiger partial charge in [-0.1, -0.05) is 42.5 Å². The molecule has 0 aliphatic rings. The SMILES string of the molecule is CC#CCC(C(=O)OC)(C(=O)OC)C(/C=C/C)c1ccccc1. The first-order valence-electron chi connectivity index (χ1n) is 7.32. The molecule has 0 spiro atoms. The third-order valence-corrected chi connectivity index (χ3v) is 3.72. The number of rotatable bonds is 6. The van der Waals surface area contributed by atoms with Crippen molar-refractivity contribution in [2.45, 2.75) is 26.2 Å². The number of carbonyl (C=O) groups excluding carboxylic acids is 2. The Balaban J connectivity index is 3.62.